The molecule has 3 aromatic rings. The quantitative estimate of drug-likeness (QED) is 0.465. The summed E-state index contributed by atoms with van der Waals surface area (Å²) >= 11 is 1.04. The van der Waals surface area contributed by atoms with E-state index in [-0.39, 0.29) is 17.4 Å². The maximum absolute atomic E-state index is 14.0. The summed E-state index contributed by atoms with van der Waals surface area (Å²) in [4.78, 5) is 7.25. The first-order valence-corrected chi connectivity index (χ1v) is 11.5. The maximum Gasteiger partial charge on any atom is 0.417 e. The smallest absolute Gasteiger partial charge is 0.417 e. The van der Waals surface area contributed by atoms with Gasteiger partial charge in [0.15, 0.2) is 0 Å². The first-order valence-electron chi connectivity index (χ1n) is 10.7. The zero-order chi connectivity index (χ0) is 23.4. The second kappa shape index (κ2) is 10.1. The molecular weight excluding hydrogens is 449 g/mol. The molecule has 2 heterocycles. The molecule has 1 saturated heterocycles. The third-order valence-electron chi connectivity index (χ3n) is 5.75. The van der Waals surface area contributed by atoms with Crippen molar-refractivity contribution in [2.24, 2.45) is 5.92 Å². The van der Waals surface area contributed by atoms with E-state index in [4.69, 9.17) is 4.74 Å². The molecule has 8 heteroatoms. The fourth-order valence-electron chi connectivity index (χ4n) is 4.03. The largest absolute Gasteiger partial charge is 0.496 e. The Balaban J connectivity index is 1.67. The highest BCUT2D eigenvalue weighted by Crippen LogP contribution is 2.43. The first kappa shape index (κ1) is 23.4. The third kappa shape index (κ3) is 5.45. The lowest BCUT2D eigenvalue weighted by Crippen LogP contribution is -2.37. The SMILES string of the molecule is COc1ccccc1Sc1ccc(-c2ccnc(N3CCCC(CO)C3)c2)cc1C(F)(F)F. The van der Waals surface area contributed by atoms with Crippen LogP contribution in [0.2, 0.25) is 0 Å². The van der Waals surface area contributed by atoms with Crippen molar-refractivity contribution in [1.82, 2.24) is 4.98 Å². The van der Waals surface area contributed by atoms with Crippen LogP contribution < -0.4 is 9.64 Å². The van der Waals surface area contributed by atoms with Crippen molar-refractivity contribution < 1.29 is 23.0 Å². The van der Waals surface area contributed by atoms with Crippen molar-refractivity contribution in [2.75, 3.05) is 31.7 Å². The normalized spacial score (nSPS) is 16.6. The van der Waals surface area contributed by atoms with Gasteiger partial charge in [0, 0.05) is 30.8 Å². The number of benzene rings is 2. The van der Waals surface area contributed by atoms with E-state index < -0.39 is 11.7 Å². The highest BCUT2D eigenvalue weighted by atomic mass is 32.2. The van der Waals surface area contributed by atoms with E-state index in [1.807, 2.05) is 6.07 Å². The molecular formula is C25H25F3N2O2S. The zero-order valence-corrected chi connectivity index (χ0v) is 19.0. The van der Waals surface area contributed by atoms with E-state index in [0.29, 0.717) is 34.1 Å². The van der Waals surface area contributed by atoms with Gasteiger partial charge in [0.25, 0.3) is 0 Å². The Labute approximate surface area is 195 Å². The van der Waals surface area contributed by atoms with Crippen LogP contribution in [0.3, 0.4) is 0 Å². The highest BCUT2D eigenvalue weighted by molar-refractivity contribution is 7.99. The Bertz CT molecular complexity index is 1110. The van der Waals surface area contributed by atoms with Gasteiger partial charge in [0.2, 0.25) is 0 Å². The van der Waals surface area contributed by atoms with E-state index in [9.17, 15) is 18.3 Å². The summed E-state index contributed by atoms with van der Waals surface area (Å²) < 4.78 is 47.3. The van der Waals surface area contributed by atoms with Crippen molar-refractivity contribution in [3.63, 3.8) is 0 Å². The molecule has 1 unspecified atom stereocenters. The number of piperidine rings is 1. The fraction of sp³-hybridized carbons (Fsp3) is 0.320. The minimum Gasteiger partial charge on any atom is -0.496 e. The van der Waals surface area contributed by atoms with E-state index in [1.165, 1.54) is 19.2 Å². The average molecular weight is 475 g/mol. The lowest BCUT2D eigenvalue weighted by Gasteiger charge is -2.32. The number of aliphatic hydroxyl groups excluding tert-OH is 1. The molecule has 1 N–H and O–H groups in total. The topological polar surface area (TPSA) is 45.6 Å². The van der Waals surface area contributed by atoms with E-state index in [2.05, 4.69) is 9.88 Å². The second-order valence-electron chi connectivity index (χ2n) is 8.00. The molecule has 0 radical (unpaired) electrons. The number of hydrogen-bond donors (Lipinski definition) is 1. The van der Waals surface area contributed by atoms with Gasteiger partial charge in [-0.3, -0.25) is 0 Å². The maximum atomic E-state index is 14.0. The van der Waals surface area contributed by atoms with Gasteiger partial charge in [0.1, 0.15) is 11.6 Å². The highest BCUT2D eigenvalue weighted by Gasteiger charge is 2.34. The number of hydrogen-bond acceptors (Lipinski definition) is 5. The molecule has 4 nitrogen and oxygen atoms in total. The van der Waals surface area contributed by atoms with Crippen LogP contribution >= 0.6 is 11.8 Å². The molecule has 1 aliphatic heterocycles. The van der Waals surface area contributed by atoms with Crippen LogP contribution in [0.4, 0.5) is 19.0 Å². The number of anilines is 1. The summed E-state index contributed by atoms with van der Waals surface area (Å²) in [6.07, 6.45) is -0.966. The number of rotatable bonds is 6. The fourth-order valence-corrected chi connectivity index (χ4v) is 5.09. The van der Waals surface area contributed by atoms with E-state index in [0.717, 1.165) is 31.1 Å². The van der Waals surface area contributed by atoms with Crippen LogP contribution in [-0.2, 0) is 6.18 Å². The van der Waals surface area contributed by atoms with Crippen molar-refractivity contribution >= 4 is 17.6 Å². The molecule has 2 aromatic carbocycles. The predicted octanol–water partition coefficient (Wildman–Crippen LogP) is 6.14. The Kier molecular flexibility index (Phi) is 7.14. The number of ether oxygens (including phenoxy) is 1. The van der Waals surface area contributed by atoms with Gasteiger partial charge < -0.3 is 14.7 Å². The van der Waals surface area contributed by atoms with Crippen LogP contribution in [0.15, 0.2) is 70.6 Å². The van der Waals surface area contributed by atoms with Gasteiger partial charge in [0.05, 0.1) is 17.6 Å². The molecule has 1 fully saturated rings. The number of para-hydroxylation sites is 1. The van der Waals surface area contributed by atoms with E-state index >= 15 is 0 Å². The lowest BCUT2D eigenvalue weighted by atomic mass is 9.98. The average Bonchev–Trinajstić information content (AvgIpc) is 2.84. The minimum atomic E-state index is -4.50. The molecule has 1 aliphatic rings. The van der Waals surface area contributed by atoms with Crippen LogP contribution in [0.5, 0.6) is 5.75 Å². The van der Waals surface area contributed by atoms with Gasteiger partial charge >= 0.3 is 6.18 Å². The predicted molar refractivity (Wildman–Crippen MR) is 124 cm³/mol. The Morgan fingerprint density at radius 3 is 2.64 bits per heavy atom. The number of halogens is 3. The minimum absolute atomic E-state index is 0.117. The summed E-state index contributed by atoms with van der Waals surface area (Å²) in [5.74, 6) is 1.43. The van der Waals surface area contributed by atoms with Crippen LogP contribution in [-0.4, -0.2) is 36.9 Å². The van der Waals surface area contributed by atoms with Gasteiger partial charge in [-0.15, -0.1) is 0 Å². The Morgan fingerprint density at radius 1 is 1.09 bits per heavy atom. The molecule has 174 valence electrons. The Morgan fingerprint density at radius 2 is 1.88 bits per heavy atom. The molecule has 33 heavy (non-hydrogen) atoms. The summed E-state index contributed by atoms with van der Waals surface area (Å²) in [6.45, 7) is 1.63. The van der Waals surface area contributed by atoms with Crippen molar-refractivity contribution in [1.29, 1.82) is 0 Å². The number of nitrogens with zero attached hydrogens (tertiary/aromatic N) is 2. The van der Waals surface area contributed by atoms with Gasteiger partial charge in [-0.25, -0.2) is 4.98 Å². The monoisotopic (exact) mass is 474 g/mol. The third-order valence-corrected chi connectivity index (χ3v) is 6.89. The number of pyridine rings is 1. The van der Waals surface area contributed by atoms with Crippen molar-refractivity contribution in [2.45, 2.75) is 28.8 Å². The Hall–Kier alpha value is -2.71. The number of aromatic nitrogens is 1. The lowest BCUT2D eigenvalue weighted by molar-refractivity contribution is -0.139. The summed E-state index contributed by atoms with van der Waals surface area (Å²) in [7, 11) is 1.50. The molecule has 0 spiro atoms. The van der Waals surface area contributed by atoms with Crippen LogP contribution in [0, 0.1) is 5.92 Å². The molecule has 1 aromatic heterocycles. The molecule has 4 rings (SSSR count). The summed E-state index contributed by atoms with van der Waals surface area (Å²) in [5, 5.41) is 9.50. The number of alkyl halides is 3. The standard InChI is InChI=1S/C25H25F3N2O2S/c1-32-21-6-2-3-7-23(21)33-22-9-8-18(13-20(22)25(26,27)28)19-10-11-29-24(14-19)30-12-4-5-17(15-30)16-31/h2-3,6-11,13-14,17,31H,4-5,12,15-16H2,1H3. The van der Waals surface area contributed by atoms with Crippen molar-refractivity contribution in [3.05, 3.63) is 66.4 Å². The molecule has 0 bridgehead atoms. The molecule has 1 atom stereocenters. The second-order valence-corrected chi connectivity index (χ2v) is 9.08. The zero-order valence-electron chi connectivity index (χ0n) is 18.2. The van der Waals surface area contributed by atoms with Crippen molar-refractivity contribution in [3.8, 4) is 16.9 Å². The van der Waals surface area contributed by atoms with Gasteiger partial charge in [-0.05, 0) is 66.3 Å². The van der Waals surface area contributed by atoms with Crippen LogP contribution in [0.1, 0.15) is 18.4 Å². The summed E-state index contributed by atoms with van der Waals surface area (Å²) in [5.41, 5.74) is 0.462. The number of aliphatic hydroxyl groups is 1. The molecule has 0 amide bonds. The van der Waals surface area contributed by atoms with E-state index in [1.54, 1.807) is 42.6 Å². The van der Waals surface area contributed by atoms with Gasteiger partial charge in [-0.2, -0.15) is 13.2 Å². The number of methoxy groups -OCH3 is 1. The first-order chi connectivity index (χ1) is 15.9. The summed E-state index contributed by atoms with van der Waals surface area (Å²) in [6, 6.07) is 15.0. The molecule has 0 saturated carbocycles. The van der Waals surface area contributed by atoms with Crippen LogP contribution in [0.25, 0.3) is 11.1 Å². The van der Waals surface area contributed by atoms with Gasteiger partial charge in [-0.1, -0.05) is 30.0 Å². The molecule has 0 aliphatic carbocycles.